The number of nitrogens with one attached hydrogen (secondary N) is 1. The maximum absolute atomic E-state index is 11.8. The molecule has 1 aliphatic heterocycles. The number of fused-ring (bicyclic) bond motifs is 1. The molecule has 0 aliphatic carbocycles. The van der Waals surface area contributed by atoms with Crippen molar-refractivity contribution in [1.82, 2.24) is 9.88 Å². The van der Waals surface area contributed by atoms with Crippen LogP contribution in [0, 0.1) is 13.8 Å². The average molecular weight is 229 g/mol. The number of halogens is 1. The maximum Gasteiger partial charge on any atom is 0.253 e. The first-order valence-electron chi connectivity index (χ1n) is 4.96. The average Bonchev–Trinajstić information content (AvgIpc) is 2.54. The highest BCUT2D eigenvalue weighted by Crippen LogP contribution is 2.27. The van der Waals surface area contributed by atoms with E-state index in [-0.39, 0.29) is 18.0 Å². The molecule has 0 radical (unpaired) electrons. The molecule has 0 bridgehead atoms. The quantitative estimate of drug-likeness (QED) is 0.732. The zero-order valence-electron chi connectivity index (χ0n) is 9.55. The second-order valence-electron chi connectivity index (χ2n) is 4.08. The Bertz CT molecular complexity index is 451. The molecule has 84 valence electrons. The molecule has 1 N–H and O–H groups in total. The Morgan fingerprint density at radius 2 is 1.93 bits per heavy atom. The summed E-state index contributed by atoms with van der Waals surface area (Å²) in [5.74, 6) is 0. The monoisotopic (exact) mass is 228 g/mol. The Kier molecular flexibility index (Phi) is 3.26. The second kappa shape index (κ2) is 3.99. The molecule has 0 saturated carbocycles. The molecule has 0 fully saturated rings. The summed E-state index contributed by atoms with van der Waals surface area (Å²) >= 11 is 0. The van der Waals surface area contributed by atoms with Crippen molar-refractivity contribution in [3.8, 4) is 0 Å². The van der Waals surface area contributed by atoms with Gasteiger partial charge in [0.15, 0.2) is 0 Å². The summed E-state index contributed by atoms with van der Waals surface area (Å²) < 4.78 is 1.77. The third kappa shape index (κ3) is 1.60. The largest absolute Gasteiger partial charge is 0.314 e. The van der Waals surface area contributed by atoms with Crippen molar-refractivity contribution in [1.29, 1.82) is 0 Å². The van der Waals surface area contributed by atoms with Crippen LogP contribution in [0.3, 0.4) is 0 Å². The van der Waals surface area contributed by atoms with Crippen LogP contribution in [0.25, 0.3) is 0 Å². The first-order chi connectivity index (χ1) is 6.54. The van der Waals surface area contributed by atoms with E-state index in [1.807, 2.05) is 20.9 Å². The molecule has 0 unspecified atom stereocenters. The Labute approximate surface area is 95.9 Å². The number of nitrogens with zero attached hydrogens (tertiary/aromatic N) is 1. The van der Waals surface area contributed by atoms with Gasteiger partial charge < -0.3 is 9.88 Å². The number of pyridine rings is 1. The molecule has 0 saturated heterocycles. The predicted molar refractivity (Wildman–Crippen MR) is 63.7 cm³/mol. The number of aromatic nitrogens is 1. The Hall–Kier alpha value is -0.800. The van der Waals surface area contributed by atoms with Crippen molar-refractivity contribution in [2.45, 2.75) is 33.4 Å². The van der Waals surface area contributed by atoms with Crippen molar-refractivity contribution in [3.63, 3.8) is 0 Å². The van der Waals surface area contributed by atoms with Gasteiger partial charge in [0.1, 0.15) is 0 Å². The van der Waals surface area contributed by atoms with Crippen LogP contribution in [-0.2, 0) is 13.6 Å². The lowest BCUT2D eigenvalue weighted by molar-refractivity contribution is 0.625. The van der Waals surface area contributed by atoms with Gasteiger partial charge in [0.05, 0.1) is 0 Å². The van der Waals surface area contributed by atoms with Crippen LogP contribution in [-0.4, -0.2) is 4.57 Å². The topological polar surface area (TPSA) is 34.0 Å². The minimum absolute atomic E-state index is 0. The van der Waals surface area contributed by atoms with Gasteiger partial charge >= 0.3 is 0 Å². The highest BCUT2D eigenvalue weighted by Gasteiger charge is 2.24. The lowest BCUT2D eigenvalue weighted by Crippen LogP contribution is -2.24. The van der Waals surface area contributed by atoms with E-state index in [1.165, 1.54) is 5.56 Å². The molecular weight excluding hydrogens is 212 g/mol. The Morgan fingerprint density at radius 3 is 2.53 bits per heavy atom. The van der Waals surface area contributed by atoms with Gasteiger partial charge in [-0.15, -0.1) is 12.4 Å². The van der Waals surface area contributed by atoms with Crippen molar-refractivity contribution in [2.75, 3.05) is 0 Å². The van der Waals surface area contributed by atoms with E-state index in [1.54, 1.807) is 4.57 Å². The van der Waals surface area contributed by atoms with Gasteiger partial charge in [-0.2, -0.15) is 0 Å². The van der Waals surface area contributed by atoms with E-state index in [2.05, 4.69) is 12.2 Å². The molecule has 1 aliphatic rings. The Balaban J connectivity index is 0.00000112. The lowest BCUT2D eigenvalue weighted by Gasteiger charge is -2.13. The van der Waals surface area contributed by atoms with E-state index < -0.39 is 0 Å². The van der Waals surface area contributed by atoms with Crippen molar-refractivity contribution < 1.29 is 0 Å². The van der Waals surface area contributed by atoms with E-state index >= 15 is 0 Å². The predicted octanol–water partition coefficient (Wildman–Crippen LogP) is 1.59. The van der Waals surface area contributed by atoms with Gasteiger partial charge in [0.2, 0.25) is 0 Å². The maximum atomic E-state index is 11.8. The van der Waals surface area contributed by atoms with Crippen LogP contribution in [0.15, 0.2) is 4.79 Å². The smallest absolute Gasteiger partial charge is 0.253 e. The highest BCUT2D eigenvalue weighted by molar-refractivity contribution is 5.85. The van der Waals surface area contributed by atoms with Gasteiger partial charge in [0.25, 0.3) is 5.56 Å². The zero-order chi connectivity index (χ0) is 10.5. The van der Waals surface area contributed by atoms with Crippen molar-refractivity contribution >= 4 is 12.4 Å². The third-order valence-electron chi connectivity index (χ3n) is 3.32. The molecule has 15 heavy (non-hydrogen) atoms. The highest BCUT2D eigenvalue weighted by atomic mass is 35.5. The molecular formula is C11H17ClN2O. The molecule has 1 aromatic heterocycles. The summed E-state index contributed by atoms with van der Waals surface area (Å²) in [7, 11) is 1.85. The van der Waals surface area contributed by atoms with Gasteiger partial charge in [-0.05, 0) is 31.9 Å². The molecule has 1 atom stereocenters. The summed E-state index contributed by atoms with van der Waals surface area (Å²) in [5.41, 5.74) is 4.62. The molecule has 0 spiro atoms. The number of hydrogen-bond acceptors (Lipinski definition) is 2. The zero-order valence-corrected chi connectivity index (χ0v) is 10.4. The Morgan fingerprint density at radius 1 is 1.33 bits per heavy atom. The van der Waals surface area contributed by atoms with E-state index in [0.29, 0.717) is 6.04 Å². The normalized spacial score (nSPS) is 18.5. The summed E-state index contributed by atoms with van der Waals surface area (Å²) in [4.78, 5) is 11.8. The standard InChI is InChI=1S/C11H16N2O.ClH/c1-6-7(2)11(14)13(4)9-5-12-8(3)10(6)9;/h8,12H,5H2,1-4H3;1H/t8-;/m1./s1. The van der Waals surface area contributed by atoms with Crippen LogP contribution in [0.5, 0.6) is 0 Å². The minimum atomic E-state index is 0. The van der Waals surface area contributed by atoms with Crippen molar-refractivity contribution in [3.05, 3.63) is 32.7 Å². The molecule has 3 nitrogen and oxygen atoms in total. The van der Waals surface area contributed by atoms with E-state index in [4.69, 9.17) is 0 Å². The fraction of sp³-hybridized carbons (Fsp3) is 0.545. The van der Waals surface area contributed by atoms with Crippen LogP contribution >= 0.6 is 12.4 Å². The number of hydrogen-bond donors (Lipinski definition) is 1. The molecule has 0 aromatic carbocycles. The SMILES string of the molecule is Cc1c2c(n(C)c(=O)c1C)CN[C@@H]2C.Cl. The van der Waals surface area contributed by atoms with Gasteiger partial charge in [0, 0.05) is 30.9 Å². The van der Waals surface area contributed by atoms with E-state index in [0.717, 1.165) is 23.4 Å². The molecule has 2 heterocycles. The summed E-state index contributed by atoms with van der Waals surface area (Å²) in [5, 5.41) is 3.36. The van der Waals surface area contributed by atoms with Crippen molar-refractivity contribution in [2.24, 2.45) is 7.05 Å². The molecule has 0 amide bonds. The summed E-state index contributed by atoms with van der Waals surface area (Å²) in [6, 6.07) is 0.371. The fourth-order valence-electron chi connectivity index (χ4n) is 2.27. The summed E-state index contributed by atoms with van der Waals surface area (Å²) in [6.45, 7) is 6.90. The van der Waals surface area contributed by atoms with Crippen LogP contribution in [0.2, 0.25) is 0 Å². The van der Waals surface area contributed by atoms with E-state index in [9.17, 15) is 4.79 Å². The second-order valence-corrected chi connectivity index (χ2v) is 4.08. The fourth-order valence-corrected chi connectivity index (χ4v) is 2.27. The van der Waals surface area contributed by atoms with Gasteiger partial charge in [-0.25, -0.2) is 0 Å². The molecule has 2 rings (SSSR count). The third-order valence-corrected chi connectivity index (χ3v) is 3.32. The molecule has 4 heteroatoms. The summed E-state index contributed by atoms with van der Waals surface area (Å²) in [6.07, 6.45) is 0. The van der Waals surface area contributed by atoms with Crippen LogP contribution in [0.4, 0.5) is 0 Å². The van der Waals surface area contributed by atoms with Gasteiger partial charge in [-0.3, -0.25) is 4.79 Å². The molecule has 1 aromatic rings. The minimum Gasteiger partial charge on any atom is -0.314 e. The van der Waals surface area contributed by atoms with Crippen LogP contribution in [0.1, 0.15) is 35.3 Å². The first-order valence-corrected chi connectivity index (χ1v) is 4.96. The lowest BCUT2D eigenvalue weighted by atomic mass is 10.0. The first kappa shape index (κ1) is 12.3. The number of rotatable bonds is 0. The van der Waals surface area contributed by atoms with Gasteiger partial charge in [-0.1, -0.05) is 0 Å². The van der Waals surface area contributed by atoms with Crippen LogP contribution < -0.4 is 10.9 Å².